The molecule has 0 aliphatic heterocycles. The number of benzene rings is 2. The predicted molar refractivity (Wildman–Crippen MR) is 126 cm³/mol. The number of nitrogens with zero attached hydrogens (tertiary/aromatic N) is 2. The van der Waals surface area contributed by atoms with Crippen LogP contribution in [0.2, 0.25) is 0 Å². The molecular weight excluding hydrogens is 405 g/mol. The summed E-state index contributed by atoms with van der Waals surface area (Å²) in [5, 5.41) is 2.35. The molecule has 0 spiro atoms. The normalized spacial score (nSPS) is 11.6. The number of hydrazine groups is 1. The summed E-state index contributed by atoms with van der Waals surface area (Å²) in [4.78, 5) is 25.4. The number of amides is 2. The highest BCUT2D eigenvalue weighted by atomic mass is 19.1. The van der Waals surface area contributed by atoms with Gasteiger partial charge in [-0.2, -0.15) is 0 Å². The fourth-order valence-corrected chi connectivity index (χ4v) is 3.45. The van der Waals surface area contributed by atoms with Crippen LogP contribution in [-0.2, 0) is 11.3 Å². The minimum absolute atomic E-state index is 0.260. The zero-order chi connectivity index (χ0) is 23.3. The summed E-state index contributed by atoms with van der Waals surface area (Å²) in [6, 6.07) is 13.1. The smallest absolute Gasteiger partial charge is 0.269 e. The van der Waals surface area contributed by atoms with E-state index in [9.17, 15) is 14.0 Å². The number of carbonyl (C=O) groups is 2. The van der Waals surface area contributed by atoms with Crippen LogP contribution in [0.1, 0.15) is 50.0 Å². The number of nitrogens with one attached hydrogen (secondary N) is 1. The standard InChI is InChI=1S/C26H30FN3O2/c1-18(2)15-16-29-17-21(23-7-5-6-8-24(23)29)11-14-25(31)30(19(3)4)28-26(32)20-9-12-22(27)13-10-20/h5-14,17-19H,15-16H2,1-4H3,(H,28,32). The second-order valence-electron chi connectivity index (χ2n) is 8.56. The van der Waals surface area contributed by atoms with E-state index in [2.05, 4.69) is 36.1 Å². The van der Waals surface area contributed by atoms with Crippen molar-refractivity contribution >= 4 is 28.8 Å². The first-order chi connectivity index (χ1) is 15.3. The molecule has 0 atom stereocenters. The van der Waals surface area contributed by atoms with Crippen molar-refractivity contribution in [1.82, 2.24) is 15.0 Å². The van der Waals surface area contributed by atoms with E-state index in [1.807, 2.05) is 32.0 Å². The van der Waals surface area contributed by atoms with Gasteiger partial charge in [0.05, 0.1) is 0 Å². The van der Waals surface area contributed by atoms with Gasteiger partial charge in [-0.1, -0.05) is 32.0 Å². The van der Waals surface area contributed by atoms with Gasteiger partial charge >= 0.3 is 0 Å². The zero-order valence-electron chi connectivity index (χ0n) is 19.0. The number of aryl methyl sites for hydroxylation is 1. The third kappa shape index (κ3) is 5.63. The largest absolute Gasteiger partial charge is 0.347 e. The van der Waals surface area contributed by atoms with Crippen LogP contribution in [-0.4, -0.2) is 27.4 Å². The van der Waals surface area contributed by atoms with Gasteiger partial charge in [0, 0.05) is 46.9 Å². The molecule has 2 amide bonds. The number of hydrogen-bond donors (Lipinski definition) is 1. The van der Waals surface area contributed by atoms with Gasteiger partial charge in [0.25, 0.3) is 11.8 Å². The SMILES string of the molecule is CC(C)CCn1cc(C=CC(=O)N(NC(=O)c2ccc(F)cc2)C(C)C)c2ccccc21. The lowest BCUT2D eigenvalue weighted by molar-refractivity contribution is -0.130. The van der Waals surface area contributed by atoms with Gasteiger partial charge in [0.1, 0.15) is 5.82 Å². The van der Waals surface area contributed by atoms with Crippen molar-refractivity contribution in [2.75, 3.05) is 0 Å². The number of carbonyl (C=O) groups excluding carboxylic acids is 2. The first kappa shape index (κ1) is 23.3. The molecule has 0 saturated heterocycles. The van der Waals surface area contributed by atoms with Gasteiger partial charge in [-0.05, 0) is 62.6 Å². The van der Waals surface area contributed by atoms with Crippen molar-refractivity contribution in [2.45, 2.75) is 46.7 Å². The van der Waals surface area contributed by atoms with Crippen molar-refractivity contribution in [3.8, 4) is 0 Å². The maximum Gasteiger partial charge on any atom is 0.269 e. The van der Waals surface area contributed by atoms with Gasteiger partial charge in [0.2, 0.25) is 0 Å². The number of rotatable bonds is 7. The molecule has 1 heterocycles. The lowest BCUT2D eigenvalue weighted by Crippen LogP contribution is -2.49. The molecule has 0 fully saturated rings. The van der Waals surface area contributed by atoms with Gasteiger partial charge in [-0.3, -0.25) is 15.0 Å². The average Bonchev–Trinajstić information content (AvgIpc) is 3.12. The molecule has 2 aromatic carbocycles. The number of fused-ring (bicyclic) bond motifs is 1. The summed E-state index contributed by atoms with van der Waals surface area (Å²) in [7, 11) is 0. The molecule has 0 aliphatic carbocycles. The maximum absolute atomic E-state index is 13.1. The van der Waals surface area contributed by atoms with Crippen molar-refractivity contribution in [1.29, 1.82) is 0 Å². The lowest BCUT2D eigenvalue weighted by Gasteiger charge is -2.25. The summed E-state index contributed by atoms with van der Waals surface area (Å²) in [5.41, 5.74) is 4.99. The van der Waals surface area contributed by atoms with E-state index in [0.29, 0.717) is 5.92 Å². The van der Waals surface area contributed by atoms with Gasteiger partial charge in [0.15, 0.2) is 0 Å². The van der Waals surface area contributed by atoms with Crippen molar-refractivity contribution in [3.63, 3.8) is 0 Å². The number of aromatic nitrogens is 1. The highest BCUT2D eigenvalue weighted by Crippen LogP contribution is 2.23. The Morgan fingerprint density at radius 3 is 2.41 bits per heavy atom. The Bertz CT molecular complexity index is 1110. The topological polar surface area (TPSA) is 54.3 Å². The lowest BCUT2D eigenvalue weighted by atomic mass is 10.1. The van der Waals surface area contributed by atoms with E-state index < -0.39 is 11.7 Å². The molecule has 168 valence electrons. The van der Waals surface area contributed by atoms with Crippen LogP contribution in [0.5, 0.6) is 0 Å². The van der Waals surface area contributed by atoms with Crippen LogP contribution in [0.25, 0.3) is 17.0 Å². The van der Waals surface area contributed by atoms with E-state index in [4.69, 9.17) is 0 Å². The molecule has 6 heteroatoms. The van der Waals surface area contributed by atoms with Crippen LogP contribution in [0, 0.1) is 11.7 Å². The molecule has 32 heavy (non-hydrogen) atoms. The number of para-hydroxylation sites is 1. The van der Waals surface area contributed by atoms with E-state index in [1.165, 1.54) is 35.4 Å². The Hall–Kier alpha value is -3.41. The van der Waals surface area contributed by atoms with Gasteiger partial charge in [-0.25, -0.2) is 9.40 Å². The predicted octanol–water partition coefficient (Wildman–Crippen LogP) is 5.42. The number of halogens is 1. The molecule has 1 aromatic heterocycles. The van der Waals surface area contributed by atoms with E-state index in [-0.39, 0.29) is 17.5 Å². The summed E-state index contributed by atoms with van der Waals surface area (Å²) in [6.07, 6.45) is 6.39. The monoisotopic (exact) mass is 435 g/mol. The summed E-state index contributed by atoms with van der Waals surface area (Å²) in [5.74, 6) is -0.630. The molecule has 3 rings (SSSR count). The fourth-order valence-electron chi connectivity index (χ4n) is 3.45. The van der Waals surface area contributed by atoms with Crippen LogP contribution in [0.3, 0.4) is 0 Å². The average molecular weight is 436 g/mol. The van der Waals surface area contributed by atoms with E-state index >= 15 is 0 Å². The minimum atomic E-state index is -0.467. The maximum atomic E-state index is 13.1. The molecule has 1 N–H and O–H groups in total. The molecular formula is C26H30FN3O2. The van der Waals surface area contributed by atoms with E-state index in [1.54, 1.807) is 6.08 Å². The zero-order valence-corrected chi connectivity index (χ0v) is 19.0. The quantitative estimate of drug-likeness (QED) is 0.398. The van der Waals surface area contributed by atoms with Crippen molar-refractivity contribution in [2.24, 2.45) is 5.92 Å². The first-order valence-electron chi connectivity index (χ1n) is 10.9. The van der Waals surface area contributed by atoms with Gasteiger partial charge in [-0.15, -0.1) is 0 Å². The Morgan fingerprint density at radius 1 is 1.06 bits per heavy atom. The highest BCUT2D eigenvalue weighted by molar-refractivity contribution is 5.99. The molecule has 0 unspecified atom stereocenters. The minimum Gasteiger partial charge on any atom is -0.347 e. The summed E-state index contributed by atoms with van der Waals surface area (Å²) >= 11 is 0. The second-order valence-corrected chi connectivity index (χ2v) is 8.56. The van der Waals surface area contributed by atoms with Crippen LogP contribution in [0.4, 0.5) is 4.39 Å². The van der Waals surface area contributed by atoms with Crippen LogP contribution in [0.15, 0.2) is 60.8 Å². The molecule has 0 saturated carbocycles. The van der Waals surface area contributed by atoms with Crippen LogP contribution < -0.4 is 5.43 Å². The Labute approximate surface area is 188 Å². The number of hydrogen-bond acceptors (Lipinski definition) is 2. The summed E-state index contributed by atoms with van der Waals surface area (Å²) < 4.78 is 15.3. The van der Waals surface area contributed by atoms with Crippen LogP contribution >= 0.6 is 0 Å². The first-order valence-corrected chi connectivity index (χ1v) is 10.9. The third-order valence-corrected chi connectivity index (χ3v) is 5.25. The van der Waals surface area contributed by atoms with Crippen molar-refractivity contribution < 1.29 is 14.0 Å². The third-order valence-electron chi connectivity index (χ3n) is 5.25. The van der Waals surface area contributed by atoms with E-state index in [0.717, 1.165) is 29.4 Å². The summed E-state index contributed by atoms with van der Waals surface area (Å²) in [6.45, 7) is 8.94. The molecule has 0 bridgehead atoms. The molecule has 5 nitrogen and oxygen atoms in total. The highest BCUT2D eigenvalue weighted by Gasteiger charge is 2.18. The fraction of sp³-hybridized carbons (Fsp3) is 0.308. The molecule has 3 aromatic rings. The molecule has 0 radical (unpaired) electrons. The Balaban J connectivity index is 1.79. The Morgan fingerprint density at radius 2 is 1.75 bits per heavy atom. The molecule has 0 aliphatic rings. The second kappa shape index (κ2) is 10.3. The Kier molecular flexibility index (Phi) is 7.46. The van der Waals surface area contributed by atoms with Crippen molar-refractivity contribution in [3.05, 3.63) is 77.7 Å². The van der Waals surface area contributed by atoms with Gasteiger partial charge < -0.3 is 4.57 Å².